The third-order valence-corrected chi connectivity index (χ3v) is 7.47. The van der Waals surface area contributed by atoms with Crippen molar-refractivity contribution in [3.8, 4) is 0 Å². The molecule has 0 bridgehead atoms. The lowest BCUT2D eigenvalue weighted by Crippen LogP contribution is -2.64. The lowest BCUT2D eigenvalue weighted by molar-refractivity contribution is -0.145. The van der Waals surface area contributed by atoms with Gasteiger partial charge >= 0.3 is 5.97 Å². The van der Waals surface area contributed by atoms with E-state index in [9.17, 15) is 4.79 Å². The highest BCUT2D eigenvalue weighted by Crippen LogP contribution is 2.43. The summed E-state index contributed by atoms with van der Waals surface area (Å²) in [7, 11) is 0. The number of esters is 1. The predicted octanol–water partition coefficient (Wildman–Crippen LogP) is 4.73. The molecular weight excluding hydrogens is 372 g/mol. The van der Waals surface area contributed by atoms with E-state index < -0.39 is 0 Å². The van der Waals surface area contributed by atoms with Crippen LogP contribution in [-0.2, 0) is 16.1 Å². The van der Waals surface area contributed by atoms with Crippen molar-refractivity contribution in [2.45, 2.75) is 77.4 Å². The number of rotatable bonds is 8. The lowest BCUT2D eigenvalue weighted by Gasteiger charge is -2.57. The maximum absolute atomic E-state index is 12.2. The molecule has 0 saturated carbocycles. The Morgan fingerprint density at radius 3 is 2.67 bits per heavy atom. The van der Waals surface area contributed by atoms with Crippen LogP contribution < -0.4 is 0 Å². The molecule has 0 aliphatic carbocycles. The van der Waals surface area contributed by atoms with Gasteiger partial charge in [-0.25, -0.2) is 0 Å². The van der Waals surface area contributed by atoms with Crippen LogP contribution in [0.15, 0.2) is 30.3 Å². The van der Waals surface area contributed by atoms with Gasteiger partial charge in [-0.15, -0.1) is 0 Å². The maximum atomic E-state index is 12.2. The fraction of sp³-hybridized carbons (Fsp3) is 0.731. The molecule has 1 aromatic carbocycles. The highest BCUT2D eigenvalue weighted by Gasteiger charge is 2.48. The molecule has 0 spiro atoms. The zero-order valence-electron chi connectivity index (χ0n) is 19.0. The van der Waals surface area contributed by atoms with Crippen LogP contribution >= 0.6 is 0 Å². The van der Waals surface area contributed by atoms with Crippen molar-refractivity contribution in [3.63, 3.8) is 0 Å². The Morgan fingerprint density at radius 2 is 1.90 bits per heavy atom. The monoisotopic (exact) mass is 412 g/mol. The van der Waals surface area contributed by atoms with Gasteiger partial charge in [0.2, 0.25) is 0 Å². The number of carbonyl (C=O) groups excluding carboxylic acids is 1. The maximum Gasteiger partial charge on any atom is 0.305 e. The SMILES string of the molecule is CC(C)COC(=O)CCCC1[C@H]2CCCN3CCC[C@@H](CN1Cc1ccccc1)[C@@H]23. The number of piperidine rings is 3. The first kappa shape index (κ1) is 21.8. The molecule has 30 heavy (non-hydrogen) atoms. The molecular formula is C26H40N2O2. The number of hydrogen-bond donors (Lipinski definition) is 0. The average Bonchev–Trinajstić information content (AvgIpc) is 2.75. The first-order chi connectivity index (χ1) is 14.6. The zero-order valence-corrected chi connectivity index (χ0v) is 19.0. The van der Waals surface area contributed by atoms with Crippen molar-refractivity contribution in [1.82, 2.24) is 9.80 Å². The molecule has 1 unspecified atom stereocenters. The van der Waals surface area contributed by atoms with Crippen molar-refractivity contribution in [2.24, 2.45) is 17.8 Å². The summed E-state index contributed by atoms with van der Waals surface area (Å²) < 4.78 is 5.42. The van der Waals surface area contributed by atoms with Crippen LogP contribution in [0.3, 0.4) is 0 Å². The van der Waals surface area contributed by atoms with E-state index in [0.29, 0.717) is 25.0 Å². The second kappa shape index (κ2) is 10.3. The Kier molecular flexibility index (Phi) is 7.48. The topological polar surface area (TPSA) is 32.8 Å². The third kappa shape index (κ3) is 5.26. The summed E-state index contributed by atoms with van der Waals surface area (Å²) in [5.74, 6) is 1.97. The van der Waals surface area contributed by atoms with Crippen LogP contribution in [0, 0.1) is 17.8 Å². The minimum absolute atomic E-state index is 0.0186. The number of ether oxygens (including phenoxy) is 1. The summed E-state index contributed by atoms with van der Waals surface area (Å²) in [5.41, 5.74) is 1.42. The molecule has 3 heterocycles. The van der Waals surface area contributed by atoms with Gasteiger partial charge in [-0.3, -0.25) is 14.6 Å². The summed E-state index contributed by atoms with van der Waals surface area (Å²) in [6, 6.07) is 12.3. The molecule has 0 aromatic heterocycles. The lowest BCUT2D eigenvalue weighted by atomic mass is 9.69. The predicted molar refractivity (Wildman–Crippen MR) is 121 cm³/mol. The molecule has 3 saturated heterocycles. The van der Waals surface area contributed by atoms with Gasteiger partial charge in [0, 0.05) is 31.6 Å². The first-order valence-electron chi connectivity index (χ1n) is 12.3. The van der Waals surface area contributed by atoms with E-state index in [-0.39, 0.29) is 5.97 Å². The summed E-state index contributed by atoms with van der Waals surface area (Å²) >= 11 is 0. The Hall–Kier alpha value is -1.39. The van der Waals surface area contributed by atoms with E-state index in [1.807, 2.05) is 0 Å². The standard InChI is InChI=1S/C26H40N2O2/c1-20(2)19-30-25(29)14-6-13-24-23-12-8-16-27-15-7-11-22(26(23)27)18-28(24)17-21-9-4-3-5-10-21/h3-5,9-10,20,22-24,26H,6-8,11-19H2,1-2H3/t22-,23+,24?,26-/m0/s1. The summed E-state index contributed by atoms with van der Waals surface area (Å²) in [6.07, 6.45) is 8.06. The third-order valence-electron chi connectivity index (χ3n) is 7.47. The molecule has 3 fully saturated rings. The van der Waals surface area contributed by atoms with Crippen molar-refractivity contribution in [1.29, 1.82) is 0 Å². The Balaban J connectivity index is 1.44. The van der Waals surface area contributed by atoms with E-state index in [1.54, 1.807) is 0 Å². The van der Waals surface area contributed by atoms with E-state index in [4.69, 9.17) is 4.74 Å². The van der Waals surface area contributed by atoms with Crippen LogP contribution in [0.25, 0.3) is 0 Å². The van der Waals surface area contributed by atoms with Gasteiger partial charge in [0.1, 0.15) is 0 Å². The van der Waals surface area contributed by atoms with E-state index in [0.717, 1.165) is 37.3 Å². The molecule has 3 aliphatic rings. The molecule has 1 aromatic rings. The molecule has 4 atom stereocenters. The number of carbonyl (C=O) groups is 1. The number of benzene rings is 1. The smallest absolute Gasteiger partial charge is 0.305 e. The minimum atomic E-state index is -0.0186. The average molecular weight is 413 g/mol. The fourth-order valence-electron chi connectivity index (χ4n) is 6.27. The Bertz CT molecular complexity index is 675. The number of likely N-dealkylation sites (tertiary alicyclic amines) is 1. The second-order valence-electron chi connectivity index (χ2n) is 10.2. The molecule has 0 amide bonds. The van der Waals surface area contributed by atoms with Gasteiger partial charge in [0.15, 0.2) is 0 Å². The second-order valence-corrected chi connectivity index (χ2v) is 10.2. The molecule has 0 radical (unpaired) electrons. The fourth-order valence-corrected chi connectivity index (χ4v) is 6.27. The van der Waals surface area contributed by atoms with Gasteiger partial charge < -0.3 is 4.74 Å². The molecule has 4 rings (SSSR count). The van der Waals surface area contributed by atoms with E-state index >= 15 is 0 Å². The highest BCUT2D eigenvalue weighted by atomic mass is 16.5. The Morgan fingerprint density at radius 1 is 1.13 bits per heavy atom. The highest BCUT2D eigenvalue weighted by molar-refractivity contribution is 5.69. The molecule has 3 aliphatic heterocycles. The van der Waals surface area contributed by atoms with E-state index in [1.165, 1.54) is 50.9 Å². The van der Waals surface area contributed by atoms with Gasteiger partial charge in [0.25, 0.3) is 0 Å². The van der Waals surface area contributed by atoms with Crippen molar-refractivity contribution in [3.05, 3.63) is 35.9 Å². The van der Waals surface area contributed by atoms with Crippen LogP contribution in [0.1, 0.15) is 64.4 Å². The minimum Gasteiger partial charge on any atom is -0.465 e. The van der Waals surface area contributed by atoms with Crippen LogP contribution in [0.5, 0.6) is 0 Å². The van der Waals surface area contributed by atoms with Crippen LogP contribution in [0.2, 0.25) is 0 Å². The van der Waals surface area contributed by atoms with Gasteiger partial charge in [-0.2, -0.15) is 0 Å². The first-order valence-corrected chi connectivity index (χ1v) is 12.3. The Labute approximate surface area is 183 Å². The van der Waals surface area contributed by atoms with Crippen molar-refractivity contribution in [2.75, 3.05) is 26.2 Å². The van der Waals surface area contributed by atoms with E-state index in [2.05, 4.69) is 54.0 Å². The molecule has 0 N–H and O–H groups in total. The van der Waals surface area contributed by atoms with Gasteiger partial charge in [-0.1, -0.05) is 44.2 Å². The summed E-state index contributed by atoms with van der Waals surface area (Å²) in [4.78, 5) is 17.7. The normalized spacial score (nSPS) is 29.6. The van der Waals surface area contributed by atoms with Gasteiger partial charge in [0.05, 0.1) is 6.61 Å². The number of nitrogens with zero attached hydrogens (tertiary/aromatic N) is 2. The van der Waals surface area contributed by atoms with Crippen molar-refractivity contribution < 1.29 is 9.53 Å². The molecule has 4 nitrogen and oxygen atoms in total. The van der Waals surface area contributed by atoms with Crippen LogP contribution in [-0.4, -0.2) is 54.1 Å². The summed E-state index contributed by atoms with van der Waals surface area (Å²) in [6.45, 7) is 9.58. The van der Waals surface area contributed by atoms with Crippen molar-refractivity contribution >= 4 is 5.97 Å². The molecule has 4 heteroatoms. The molecule has 166 valence electrons. The van der Waals surface area contributed by atoms with Gasteiger partial charge in [-0.05, 0) is 74.9 Å². The zero-order chi connectivity index (χ0) is 20.9. The summed E-state index contributed by atoms with van der Waals surface area (Å²) in [5, 5.41) is 0. The largest absolute Gasteiger partial charge is 0.465 e. The quantitative estimate of drug-likeness (QED) is 0.578. The number of hydrogen-bond acceptors (Lipinski definition) is 4. The van der Waals surface area contributed by atoms with Crippen LogP contribution in [0.4, 0.5) is 0 Å².